The van der Waals surface area contributed by atoms with Crippen LogP contribution >= 0.6 is 0 Å². The summed E-state index contributed by atoms with van der Waals surface area (Å²) >= 11 is 0. The Morgan fingerprint density at radius 3 is 2.45 bits per heavy atom. The lowest BCUT2D eigenvalue weighted by atomic mass is 10.2. The molecule has 2 aromatic rings. The molecular weight excluding hydrogens is 409 g/mol. The fourth-order valence-electron chi connectivity index (χ4n) is 3.43. The predicted octanol–water partition coefficient (Wildman–Crippen LogP) is 3.35. The molecule has 1 aliphatic rings. The Morgan fingerprint density at radius 2 is 1.77 bits per heavy atom. The highest BCUT2D eigenvalue weighted by atomic mass is 19.4. The quantitative estimate of drug-likeness (QED) is 0.709. The average Bonchev–Trinajstić information content (AvgIpc) is 3.03. The van der Waals surface area contributed by atoms with E-state index in [4.69, 9.17) is 0 Å². The van der Waals surface area contributed by atoms with E-state index in [1.165, 1.54) is 6.07 Å². The summed E-state index contributed by atoms with van der Waals surface area (Å²) in [6.45, 7) is 2.61. The fourth-order valence-corrected chi connectivity index (χ4v) is 3.43. The number of hydrogen-bond acceptors (Lipinski definition) is 4. The molecule has 0 saturated carbocycles. The van der Waals surface area contributed by atoms with Gasteiger partial charge in [0.25, 0.3) is 5.91 Å². The van der Waals surface area contributed by atoms with Gasteiger partial charge in [-0.25, -0.2) is 4.98 Å². The van der Waals surface area contributed by atoms with Gasteiger partial charge in [0.2, 0.25) is 5.91 Å². The number of aromatic nitrogens is 1. The summed E-state index contributed by atoms with van der Waals surface area (Å²) < 4.78 is 38.1. The number of pyridine rings is 1. The van der Waals surface area contributed by atoms with Crippen molar-refractivity contribution in [3.63, 3.8) is 0 Å². The molecule has 1 fully saturated rings. The summed E-state index contributed by atoms with van der Waals surface area (Å²) in [5, 5.41) is 2.81. The van der Waals surface area contributed by atoms with Gasteiger partial charge in [-0.2, -0.15) is 13.2 Å². The first kappa shape index (κ1) is 22.6. The molecule has 0 bridgehead atoms. The number of amides is 2. The third-order valence-corrected chi connectivity index (χ3v) is 5.14. The molecule has 3 rings (SSSR count). The van der Waals surface area contributed by atoms with Crippen molar-refractivity contribution in [1.82, 2.24) is 15.2 Å². The van der Waals surface area contributed by atoms with Crippen LogP contribution in [0.2, 0.25) is 0 Å². The van der Waals surface area contributed by atoms with Crippen LogP contribution in [0.1, 0.15) is 35.2 Å². The van der Waals surface area contributed by atoms with Gasteiger partial charge in [0.05, 0.1) is 5.56 Å². The molecule has 2 amide bonds. The van der Waals surface area contributed by atoms with Crippen molar-refractivity contribution in [2.75, 3.05) is 37.6 Å². The minimum Gasteiger partial charge on any atom is -0.355 e. The number of carbonyl (C=O) groups is 2. The largest absolute Gasteiger partial charge is 0.417 e. The topological polar surface area (TPSA) is 65.5 Å². The van der Waals surface area contributed by atoms with Gasteiger partial charge in [-0.05, 0) is 37.1 Å². The Hall–Kier alpha value is -3.10. The molecule has 2 heterocycles. The van der Waals surface area contributed by atoms with Crippen molar-refractivity contribution in [1.29, 1.82) is 0 Å². The van der Waals surface area contributed by atoms with Crippen LogP contribution in [0.15, 0.2) is 48.7 Å². The zero-order valence-electron chi connectivity index (χ0n) is 17.1. The first-order valence-corrected chi connectivity index (χ1v) is 10.2. The lowest BCUT2D eigenvalue weighted by Crippen LogP contribution is -2.35. The van der Waals surface area contributed by atoms with Crippen LogP contribution in [0.5, 0.6) is 0 Å². The maximum Gasteiger partial charge on any atom is 0.417 e. The predicted molar refractivity (Wildman–Crippen MR) is 111 cm³/mol. The van der Waals surface area contributed by atoms with Gasteiger partial charge >= 0.3 is 6.18 Å². The highest BCUT2D eigenvalue weighted by Gasteiger charge is 2.31. The van der Waals surface area contributed by atoms with Crippen LogP contribution in [0.25, 0.3) is 0 Å². The summed E-state index contributed by atoms with van der Waals surface area (Å²) in [4.78, 5) is 32.1. The van der Waals surface area contributed by atoms with E-state index in [-0.39, 0.29) is 11.8 Å². The number of carbonyl (C=O) groups excluding carboxylic acids is 2. The van der Waals surface area contributed by atoms with E-state index in [0.717, 1.165) is 12.3 Å². The van der Waals surface area contributed by atoms with Crippen molar-refractivity contribution in [2.24, 2.45) is 0 Å². The normalized spacial score (nSPS) is 14.8. The van der Waals surface area contributed by atoms with E-state index in [0.29, 0.717) is 63.4 Å². The molecule has 0 atom stereocenters. The first-order chi connectivity index (χ1) is 14.8. The Morgan fingerprint density at radius 1 is 1.00 bits per heavy atom. The van der Waals surface area contributed by atoms with E-state index in [1.54, 1.807) is 29.2 Å². The SMILES string of the molecule is O=C(NCCCC(=O)N1CCCN(c2ccc(C(F)(F)F)cn2)CC1)c1ccccc1. The zero-order valence-corrected chi connectivity index (χ0v) is 17.1. The molecule has 1 saturated heterocycles. The Kier molecular flexibility index (Phi) is 7.49. The summed E-state index contributed by atoms with van der Waals surface area (Å²) in [5.74, 6) is 0.324. The molecule has 0 unspecified atom stereocenters. The summed E-state index contributed by atoms with van der Waals surface area (Å²) in [5.41, 5.74) is -0.194. The Balaban J connectivity index is 1.42. The van der Waals surface area contributed by atoms with Crippen molar-refractivity contribution >= 4 is 17.6 Å². The van der Waals surface area contributed by atoms with Crippen molar-refractivity contribution in [3.05, 3.63) is 59.8 Å². The molecule has 9 heteroatoms. The summed E-state index contributed by atoms with van der Waals surface area (Å²) in [6.07, 6.45) is -1.99. The third kappa shape index (κ3) is 6.44. The Labute approximate surface area is 179 Å². The van der Waals surface area contributed by atoms with Gasteiger partial charge in [-0.15, -0.1) is 0 Å². The van der Waals surface area contributed by atoms with Crippen molar-refractivity contribution in [2.45, 2.75) is 25.4 Å². The van der Waals surface area contributed by atoms with Gasteiger partial charge in [0.1, 0.15) is 5.82 Å². The summed E-state index contributed by atoms with van der Waals surface area (Å²) in [6, 6.07) is 11.3. The molecule has 0 spiro atoms. The number of nitrogens with zero attached hydrogens (tertiary/aromatic N) is 3. The third-order valence-electron chi connectivity index (χ3n) is 5.14. The molecule has 0 aliphatic carbocycles. The molecule has 1 aromatic carbocycles. The number of alkyl halides is 3. The van der Waals surface area contributed by atoms with Crippen LogP contribution < -0.4 is 10.2 Å². The van der Waals surface area contributed by atoms with Gasteiger partial charge in [-0.3, -0.25) is 9.59 Å². The van der Waals surface area contributed by atoms with Crippen LogP contribution in [0, 0.1) is 0 Å². The van der Waals surface area contributed by atoms with Gasteiger partial charge < -0.3 is 15.1 Å². The summed E-state index contributed by atoms with van der Waals surface area (Å²) in [7, 11) is 0. The second kappa shape index (κ2) is 10.3. The molecular formula is C22H25F3N4O2. The average molecular weight is 434 g/mol. The number of anilines is 1. The van der Waals surface area contributed by atoms with Gasteiger partial charge in [0.15, 0.2) is 0 Å². The molecule has 1 N–H and O–H groups in total. The standard InChI is InChI=1S/C22H25F3N4O2/c23-22(24,25)18-9-10-19(27-16-18)28-12-5-13-29(15-14-28)20(30)8-4-11-26-21(31)17-6-2-1-3-7-17/h1-3,6-7,9-10,16H,4-5,8,11-15H2,(H,26,31). The lowest BCUT2D eigenvalue weighted by molar-refractivity contribution is -0.137. The fraction of sp³-hybridized carbons (Fsp3) is 0.409. The second-order valence-electron chi connectivity index (χ2n) is 7.35. The highest BCUT2D eigenvalue weighted by molar-refractivity contribution is 5.94. The maximum absolute atomic E-state index is 12.7. The zero-order chi connectivity index (χ0) is 22.3. The number of hydrogen-bond donors (Lipinski definition) is 1. The molecule has 166 valence electrons. The number of nitrogens with one attached hydrogen (secondary N) is 1. The van der Waals surface area contributed by atoms with Crippen LogP contribution in [-0.4, -0.2) is 54.4 Å². The monoisotopic (exact) mass is 434 g/mol. The smallest absolute Gasteiger partial charge is 0.355 e. The van der Waals surface area contributed by atoms with E-state index in [2.05, 4.69) is 10.3 Å². The molecule has 31 heavy (non-hydrogen) atoms. The van der Waals surface area contributed by atoms with Crippen molar-refractivity contribution < 1.29 is 22.8 Å². The van der Waals surface area contributed by atoms with Crippen LogP contribution in [0.3, 0.4) is 0 Å². The first-order valence-electron chi connectivity index (χ1n) is 10.2. The Bertz CT molecular complexity index is 873. The molecule has 6 nitrogen and oxygen atoms in total. The minimum absolute atomic E-state index is 0.0104. The van der Waals surface area contributed by atoms with E-state index >= 15 is 0 Å². The highest BCUT2D eigenvalue weighted by Crippen LogP contribution is 2.29. The van der Waals surface area contributed by atoms with Gasteiger partial charge in [0, 0.05) is 50.9 Å². The lowest BCUT2D eigenvalue weighted by Gasteiger charge is -2.23. The van der Waals surface area contributed by atoms with E-state index < -0.39 is 11.7 Å². The van der Waals surface area contributed by atoms with Crippen LogP contribution in [0.4, 0.5) is 19.0 Å². The van der Waals surface area contributed by atoms with Crippen molar-refractivity contribution in [3.8, 4) is 0 Å². The number of benzene rings is 1. The van der Waals surface area contributed by atoms with E-state index in [1.807, 2.05) is 11.0 Å². The number of halogens is 3. The molecule has 0 radical (unpaired) electrons. The van der Waals surface area contributed by atoms with Gasteiger partial charge in [-0.1, -0.05) is 18.2 Å². The van der Waals surface area contributed by atoms with E-state index in [9.17, 15) is 22.8 Å². The maximum atomic E-state index is 12.7. The minimum atomic E-state index is -4.41. The molecule has 1 aliphatic heterocycles. The van der Waals surface area contributed by atoms with Crippen LogP contribution in [-0.2, 0) is 11.0 Å². The number of rotatable bonds is 6. The molecule has 1 aromatic heterocycles. The second-order valence-corrected chi connectivity index (χ2v) is 7.35.